The Balaban J connectivity index is 2.63. The summed E-state index contributed by atoms with van der Waals surface area (Å²) < 4.78 is 21.5. The molecule has 0 aromatic heterocycles. The van der Waals surface area contributed by atoms with E-state index in [1.165, 1.54) is 6.92 Å². The van der Waals surface area contributed by atoms with E-state index in [1.807, 2.05) is 6.92 Å². The van der Waals surface area contributed by atoms with Crippen molar-refractivity contribution in [1.82, 2.24) is 5.32 Å². The third-order valence-corrected chi connectivity index (χ3v) is 5.24. The fraction of sp³-hybridized carbons (Fsp3) is 0.857. The van der Waals surface area contributed by atoms with Gasteiger partial charge in [0.15, 0.2) is 0 Å². The van der Waals surface area contributed by atoms with Gasteiger partial charge in [0.2, 0.25) is 6.29 Å². The lowest BCUT2D eigenvalue weighted by molar-refractivity contribution is -0.258. The molecule has 0 aromatic rings. The highest BCUT2D eigenvalue weighted by atomic mass is 16.8. The molecule has 0 heterocycles. The van der Waals surface area contributed by atoms with E-state index < -0.39 is 35.5 Å². The van der Waals surface area contributed by atoms with Crippen molar-refractivity contribution in [3.05, 3.63) is 0 Å². The Bertz CT molecular complexity index is 542. The van der Waals surface area contributed by atoms with E-state index in [2.05, 4.69) is 5.32 Å². The van der Waals surface area contributed by atoms with Gasteiger partial charge < -0.3 is 29.4 Å². The first kappa shape index (κ1) is 26.2. The van der Waals surface area contributed by atoms with Crippen molar-refractivity contribution in [3.63, 3.8) is 0 Å². The average Bonchev–Trinajstić information content (AvgIpc) is 2.67. The Morgan fingerprint density at radius 3 is 2.13 bits per heavy atom. The van der Waals surface area contributed by atoms with E-state index in [9.17, 15) is 19.5 Å². The summed E-state index contributed by atoms with van der Waals surface area (Å²) in [6.45, 7) is 7.55. The van der Waals surface area contributed by atoms with Gasteiger partial charge in [-0.25, -0.2) is 9.59 Å². The van der Waals surface area contributed by atoms with Crippen molar-refractivity contribution in [2.75, 3.05) is 19.8 Å². The van der Waals surface area contributed by atoms with Gasteiger partial charge in [0.1, 0.15) is 0 Å². The summed E-state index contributed by atoms with van der Waals surface area (Å²) in [6, 6.07) is 0. The van der Waals surface area contributed by atoms with Gasteiger partial charge in [0.05, 0.1) is 6.42 Å². The summed E-state index contributed by atoms with van der Waals surface area (Å²) in [6.07, 6.45) is 3.45. The Morgan fingerprint density at radius 1 is 1.03 bits per heavy atom. The molecule has 1 fully saturated rings. The fourth-order valence-corrected chi connectivity index (χ4v) is 3.96. The number of hydrogen-bond donors (Lipinski definition) is 2. The van der Waals surface area contributed by atoms with Crippen LogP contribution >= 0.6 is 0 Å². The number of carboxylic acids is 1. The largest absolute Gasteiger partial charge is 0.481 e. The molecule has 0 aliphatic heterocycles. The van der Waals surface area contributed by atoms with Gasteiger partial charge in [0.25, 0.3) is 5.79 Å². The maximum Gasteiger partial charge on any atom is 0.410 e. The second kappa shape index (κ2) is 12.7. The third kappa shape index (κ3) is 8.10. The molecule has 1 rings (SSSR count). The first-order valence-electron chi connectivity index (χ1n) is 10.9. The van der Waals surface area contributed by atoms with Crippen LogP contribution in [0.4, 0.5) is 4.79 Å². The van der Waals surface area contributed by atoms with E-state index >= 15 is 0 Å². The topological polar surface area (TPSA) is 120 Å². The monoisotopic (exact) mass is 431 g/mol. The summed E-state index contributed by atoms with van der Waals surface area (Å²) in [4.78, 5) is 36.1. The van der Waals surface area contributed by atoms with Crippen molar-refractivity contribution >= 4 is 18.0 Å². The van der Waals surface area contributed by atoms with Crippen LogP contribution in [0.25, 0.3) is 0 Å². The average molecular weight is 432 g/mol. The third-order valence-electron chi connectivity index (χ3n) is 5.24. The molecule has 2 N–H and O–H groups in total. The Labute approximate surface area is 178 Å². The van der Waals surface area contributed by atoms with E-state index in [-0.39, 0.29) is 26.2 Å². The van der Waals surface area contributed by atoms with Crippen LogP contribution in [0.2, 0.25) is 0 Å². The molecule has 1 atom stereocenters. The summed E-state index contributed by atoms with van der Waals surface area (Å²) in [5.41, 5.74) is -0.469. The zero-order valence-electron chi connectivity index (χ0n) is 18.7. The SMILES string of the molecule is CCCC(OCC)(OCC)C(=O)OC(C)OC(=O)NCC1(CC(=O)O)CCCCC1. The molecule has 0 saturated heterocycles. The first-order chi connectivity index (χ1) is 14.2. The molecule has 9 heteroatoms. The number of carbonyl (C=O) groups is 3. The van der Waals surface area contributed by atoms with E-state index in [1.54, 1.807) is 13.8 Å². The number of alkyl carbamates (subject to hydrolysis) is 1. The normalized spacial score (nSPS) is 17.1. The molecule has 1 aliphatic carbocycles. The Hall–Kier alpha value is -1.87. The van der Waals surface area contributed by atoms with Crippen molar-refractivity contribution in [3.8, 4) is 0 Å². The number of amides is 1. The van der Waals surface area contributed by atoms with Gasteiger partial charge in [-0.15, -0.1) is 0 Å². The van der Waals surface area contributed by atoms with E-state index in [0.717, 1.165) is 32.1 Å². The van der Waals surface area contributed by atoms with E-state index in [0.29, 0.717) is 12.8 Å². The minimum atomic E-state index is -1.53. The molecular formula is C21H37NO8. The number of ether oxygens (including phenoxy) is 4. The zero-order valence-corrected chi connectivity index (χ0v) is 18.7. The molecule has 9 nitrogen and oxygen atoms in total. The molecule has 1 aliphatic rings. The molecule has 174 valence electrons. The summed E-state index contributed by atoms with van der Waals surface area (Å²) in [5.74, 6) is -3.16. The number of hydrogen-bond acceptors (Lipinski definition) is 7. The van der Waals surface area contributed by atoms with Crippen molar-refractivity contribution < 1.29 is 38.4 Å². The van der Waals surface area contributed by atoms with Gasteiger partial charge in [-0.05, 0) is 32.1 Å². The number of aliphatic carboxylic acids is 1. The molecular weight excluding hydrogens is 394 g/mol. The second-order valence-electron chi connectivity index (χ2n) is 7.73. The summed E-state index contributed by atoms with van der Waals surface area (Å²) in [7, 11) is 0. The van der Waals surface area contributed by atoms with Gasteiger partial charge in [-0.2, -0.15) is 0 Å². The highest BCUT2D eigenvalue weighted by Gasteiger charge is 2.42. The molecule has 30 heavy (non-hydrogen) atoms. The molecule has 0 aromatic carbocycles. The molecule has 1 amide bonds. The number of esters is 1. The van der Waals surface area contributed by atoms with Crippen LogP contribution in [0.3, 0.4) is 0 Å². The molecule has 1 unspecified atom stereocenters. The second-order valence-corrected chi connectivity index (χ2v) is 7.73. The van der Waals surface area contributed by atoms with Crippen LogP contribution in [-0.4, -0.2) is 55.0 Å². The number of rotatable bonds is 13. The fourth-order valence-electron chi connectivity index (χ4n) is 3.96. The quantitative estimate of drug-likeness (QED) is 0.335. The number of carboxylic acid groups (broad SMARTS) is 1. The molecule has 0 radical (unpaired) electrons. The van der Waals surface area contributed by atoms with Crippen LogP contribution < -0.4 is 5.32 Å². The minimum absolute atomic E-state index is 0.0000699. The van der Waals surface area contributed by atoms with Crippen LogP contribution in [0.5, 0.6) is 0 Å². The molecule has 0 bridgehead atoms. The Morgan fingerprint density at radius 2 is 1.63 bits per heavy atom. The standard InChI is InChI=1S/C21H37NO8/c1-5-11-21(27-6-2,28-7-3)18(25)29-16(4)30-19(26)22-15-20(14-17(23)24)12-9-8-10-13-20/h16H,5-15H2,1-4H3,(H,22,26)(H,23,24). The predicted octanol–water partition coefficient (Wildman–Crippen LogP) is 3.60. The summed E-state index contributed by atoms with van der Waals surface area (Å²) in [5, 5.41) is 11.9. The van der Waals surface area contributed by atoms with Crippen molar-refractivity contribution in [2.45, 2.75) is 91.1 Å². The highest BCUT2D eigenvalue weighted by molar-refractivity contribution is 5.78. The highest BCUT2D eigenvalue weighted by Crippen LogP contribution is 2.38. The minimum Gasteiger partial charge on any atom is -0.481 e. The van der Waals surface area contributed by atoms with Crippen LogP contribution in [0.1, 0.15) is 79.1 Å². The van der Waals surface area contributed by atoms with Gasteiger partial charge in [-0.1, -0.05) is 32.6 Å². The maximum absolute atomic E-state index is 12.7. The van der Waals surface area contributed by atoms with Crippen LogP contribution in [-0.2, 0) is 28.5 Å². The zero-order chi connectivity index (χ0) is 22.6. The Kier molecular flexibility index (Phi) is 11.1. The van der Waals surface area contributed by atoms with Crippen molar-refractivity contribution in [2.24, 2.45) is 5.41 Å². The molecule has 1 saturated carbocycles. The van der Waals surface area contributed by atoms with Crippen LogP contribution in [0, 0.1) is 5.41 Å². The van der Waals surface area contributed by atoms with Gasteiger partial charge in [-0.3, -0.25) is 4.79 Å². The van der Waals surface area contributed by atoms with Crippen LogP contribution in [0.15, 0.2) is 0 Å². The molecule has 0 spiro atoms. The number of nitrogens with one attached hydrogen (secondary N) is 1. The van der Waals surface area contributed by atoms with Gasteiger partial charge >= 0.3 is 18.0 Å². The van der Waals surface area contributed by atoms with Crippen molar-refractivity contribution in [1.29, 1.82) is 0 Å². The lowest BCUT2D eigenvalue weighted by Gasteiger charge is -2.36. The lowest BCUT2D eigenvalue weighted by atomic mass is 9.72. The first-order valence-corrected chi connectivity index (χ1v) is 10.9. The van der Waals surface area contributed by atoms with Gasteiger partial charge in [0, 0.05) is 33.1 Å². The predicted molar refractivity (Wildman–Crippen MR) is 109 cm³/mol. The van der Waals surface area contributed by atoms with E-state index in [4.69, 9.17) is 18.9 Å². The smallest absolute Gasteiger partial charge is 0.410 e. The number of carbonyl (C=O) groups excluding carboxylic acids is 2. The summed E-state index contributed by atoms with van der Waals surface area (Å²) >= 11 is 0. The maximum atomic E-state index is 12.7. The lowest BCUT2D eigenvalue weighted by Crippen LogP contribution is -2.47.